The largest absolute Gasteiger partial charge is 0.497 e. The Labute approximate surface area is 205 Å². The topological polar surface area (TPSA) is 95.0 Å². The molecule has 1 atom stereocenters. The fourth-order valence-electron chi connectivity index (χ4n) is 4.43. The van der Waals surface area contributed by atoms with Crippen LogP contribution in [-0.4, -0.2) is 52.8 Å². The molecule has 2 aromatic carbocycles. The number of anilines is 1. The van der Waals surface area contributed by atoms with Gasteiger partial charge >= 0.3 is 5.97 Å². The highest BCUT2D eigenvalue weighted by Crippen LogP contribution is 2.39. The highest BCUT2D eigenvalue weighted by Gasteiger charge is 2.32. The zero-order valence-corrected chi connectivity index (χ0v) is 21.0. The van der Waals surface area contributed by atoms with Crippen molar-refractivity contribution in [3.63, 3.8) is 0 Å². The maximum absolute atomic E-state index is 13.8. The van der Waals surface area contributed by atoms with Crippen LogP contribution in [0.15, 0.2) is 58.5 Å². The Morgan fingerprint density at radius 3 is 2.51 bits per heavy atom. The van der Waals surface area contributed by atoms with E-state index < -0.39 is 9.84 Å². The average molecular weight is 499 g/mol. The average Bonchev–Trinajstić information content (AvgIpc) is 2.88. The third kappa shape index (κ3) is 5.05. The van der Waals surface area contributed by atoms with Crippen molar-refractivity contribution >= 4 is 32.4 Å². The van der Waals surface area contributed by atoms with Crippen LogP contribution < -0.4 is 14.4 Å². The minimum absolute atomic E-state index is 0.0910. The summed E-state index contributed by atoms with van der Waals surface area (Å²) in [5, 5.41) is 0.662. The maximum Gasteiger partial charge on any atom is 0.310 e. The second-order valence-corrected chi connectivity index (χ2v) is 10.2. The van der Waals surface area contributed by atoms with E-state index in [0.717, 1.165) is 6.42 Å². The van der Waals surface area contributed by atoms with Crippen molar-refractivity contribution in [3.8, 4) is 11.5 Å². The predicted octanol–water partition coefficient (Wildman–Crippen LogP) is 4.25. The van der Waals surface area contributed by atoms with E-state index in [2.05, 4.69) is 4.98 Å². The Bertz CT molecular complexity index is 1310. The number of nitrogens with zero attached hydrogens (tertiary/aromatic N) is 2. The summed E-state index contributed by atoms with van der Waals surface area (Å²) < 4.78 is 43.8. The summed E-state index contributed by atoms with van der Waals surface area (Å²) in [5.41, 5.74) is 1.18. The Morgan fingerprint density at radius 2 is 1.83 bits per heavy atom. The molecule has 1 fully saturated rings. The van der Waals surface area contributed by atoms with E-state index in [1.165, 1.54) is 25.4 Å². The Morgan fingerprint density at radius 1 is 1.09 bits per heavy atom. The van der Waals surface area contributed by atoms with Crippen LogP contribution in [-0.2, 0) is 19.4 Å². The number of methoxy groups -OCH3 is 1. The molecule has 35 heavy (non-hydrogen) atoms. The first-order chi connectivity index (χ1) is 16.9. The minimum atomic E-state index is -3.93. The Kier molecular flexibility index (Phi) is 7.45. The highest BCUT2D eigenvalue weighted by molar-refractivity contribution is 7.91. The number of hydrogen-bond acceptors (Lipinski definition) is 8. The minimum Gasteiger partial charge on any atom is -0.497 e. The van der Waals surface area contributed by atoms with Crippen LogP contribution in [0.1, 0.15) is 26.7 Å². The summed E-state index contributed by atoms with van der Waals surface area (Å²) in [7, 11) is -2.40. The molecule has 0 saturated carbocycles. The molecule has 9 heteroatoms. The van der Waals surface area contributed by atoms with Gasteiger partial charge in [-0.3, -0.25) is 9.78 Å². The molecule has 0 radical (unpaired) electrons. The molecule has 186 valence electrons. The van der Waals surface area contributed by atoms with Gasteiger partial charge in [-0.2, -0.15) is 0 Å². The molecule has 0 amide bonds. The monoisotopic (exact) mass is 498 g/mol. The van der Waals surface area contributed by atoms with Crippen molar-refractivity contribution in [1.29, 1.82) is 0 Å². The zero-order chi connectivity index (χ0) is 25.0. The number of esters is 1. The van der Waals surface area contributed by atoms with E-state index in [-0.39, 0.29) is 21.7 Å². The predicted molar refractivity (Wildman–Crippen MR) is 133 cm³/mol. The normalized spacial score (nSPS) is 16.2. The van der Waals surface area contributed by atoms with Gasteiger partial charge in [-0.1, -0.05) is 0 Å². The number of sulfone groups is 1. The summed E-state index contributed by atoms with van der Waals surface area (Å²) >= 11 is 0. The number of rotatable bonds is 8. The highest BCUT2D eigenvalue weighted by atomic mass is 32.2. The molecule has 0 unspecified atom stereocenters. The summed E-state index contributed by atoms with van der Waals surface area (Å²) in [4.78, 5) is 19.2. The molecule has 0 bridgehead atoms. The van der Waals surface area contributed by atoms with Gasteiger partial charge in [0.15, 0.2) is 0 Å². The van der Waals surface area contributed by atoms with Crippen molar-refractivity contribution in [3.05, 3.63) is 48.7 Å². The molecule has 1 aliphatic rings. The lowest BCUT2D eigenvalue weighted by Gasteiger charge is -2.35. The molecule has 1 aromatic heterocycles. The van der Waals surface area contributed by atoms with Crippen LogP contribution in [0.2, 0.25) is 0 Å². The van der Waals surface area contributed by atoms with E-state index >= 15 is 0 Å². The summed E-state index contributed by atoms with van der Waals surface area (Å²) in [6.07, 6.45) is 2.84. The van der Waals surface area contributed by atoms with Crippen molar-refractivity contribution in [2.75, 3.05) is 38.3 Å². The zero-order valence-electron chi connectivity index (χ0n) is 20.2. The molecule has 2 heterocycles. The van der Waals surface area contributed by atoms with E-state index in [4.69, 9.17) is 14.2 Å². The molecule has 0 spiro atoms. The molecule has 1 saturated heterocycles. The third-order valence-corrected chi connectivity index (χ3v) is 7.88. The van der Waals surface area contributed by atoms with E-state index in [9.17, 15) is 13.2 Å². The van der Waals surface area contributed by atoms with Crippen LogP contribution in [0, 0.1) is 5.92 Å². The van der Waals surface area contributed by atoms with Gasteiger partial charge in [-0.15, -0.1) is 0 Å². The molecule has 0 N–H and O–H groups in total. The number of hydrogen-bond donors (Lipinski definition) is 0. The van der Waals surface area contributed by atoms with E-state index in [0.29, 0.717) is 60.8 Å². The fraction of sp³-hybridized carbons (Fsp3) is 0.385. The van der Waals surface area contributed by atoms with Gasteiger partial charge < -0.3 is 19.1 Å². The standard InChI is InChI=1S/C26H30N2O6S/c1-4-33-20-10-13-23-22(15-20)25(28-14-6-7-18(17-28)26(29)34-5-2)24(16-27-23)35(30,31)21-11-8-19(32-3)9-12-21/h8-13,15-16,18H,4-7,14,17H2,1-3H3/t18-/m0/s1. The van der Waals surface area contributed by atoms with Gasteiger partial charge in [0.2, 0.25) is 9.84 Å². The van der Waals surface area contributed by atoms with E-state index in [1.807, 2.05) is 30.0 Å². The van der Waals surface area contributed by atoms with E-state index in [1.54, 1.807) is 19.1 Å². The number of carbonyl (C=O) groups is 1. The fourth-order valence-corrected chi connectivity index (χ4v) is 5.87. The molecule has 3 aromatic rings. The van der Waals surface area contributed by atoms with Crippen molar-refractivity contribution in [1.82, 2.24) is 4.98 Å². The first-order valence-electron chi connectivity index (χ1n) is 11.7. The number of aromatic nitrogens is 1. The quantitative estimate of drug-likeness (QED) is 0.425. The SMILES string of the molecule is CCOC(=O)[C@H]1CCCN(c2c(S(=O)(=O)c3ccc(OC)cc3)cnc3ccc(OCC)cc23)C1. The number of piperidine rings is 1. The van der Waals surface area contributed by atoms with Crippen LogP contribution >= 0.6 is 0 Å². The molecular weight excluding hydrogens is 468 g/mol. The first kappa shape index (κ1) is 24.8. The second kappa shape index (κ2) is 10.5. The summed E-state index contributed by atoms with van der Waals surface area (Å²) in [6, 6.07) is 11.7. The van der Waals surface area contributed by atoms with Crippen LogP contribution in [0.5, 0.6) is 11.5 Å². The summed E-state index contributed by atoms with van der Waals surface area (Å²) in [6.45, 7) is 5.43. The number of fused-ring (bicyclic) bond motifs is 1. The Balaban J connectivity index is 1.88. The molecule has 1 aliphatic heterocycles. The smallest absolute Gasteiger partial charge is 0.310 e. The van der Waals surface area contributed by atoms with Crippen LogP contribution in [0.25, 0.3) is 10.9 Å². The molecule has 4 rings (SSSR count). The van der Waals surface area contributed by atoms with Crippen LogP contribution in [0.4, 0.5) is 5.69 Å². The second-order valence-electron chi connectivity index (χ2n) is 8.30. The molecule has 0 aliphatic carbocycles. The van der Waals surface area contributed by atoms with Gasteiger partial charge in [-0.05, 0) is 69.2 Å². The third-order valence-electron chi connectivity index (χ3n) is 6.11. The van der Waals surface area contributed by atoms with Gasteiger partial charge in [0.1, 0.15) is 16.4 Å². The van der Waals surface area contributed by atoms with Crippen LogP contribution in [0.3, 0.4) is 0 Å². The van der Waals surface area contributed by atoms with Gasteiger partial charge in [0, 0.05) is 24.7 Å². The summed E-state index contributed by atoms with van der Waals surface area (Å²) in [5.74, 6) is 0.597. The lowest BCUT2D eigenvalue weighted by atomic mass is 9.97. The first-order valence-corrected chi connectivity index (χ1v) is 13.2. The molecule has 8 nitrogen and oxygen atoms in total. The number of carbonyl (C=O) groups excluding carboxylic acids is 1. The lowest BCUT2D eigenvalue weighted by Crippen LogP contribution is -2.40. The number of benzene rings is 2. The lowest BCUT2D eigenvalue weighted by molar-refractivity contribution is -0.148. The Hall–Kier alpha value is -3.33. The van der Waals surface area contributed by atoms with Gasteiger partial charge in [-0.25, -0.2) is 8.42 Å². The van der Waals surface area contributed by atoms with Gasteiger partial charge in [0.25, 0.3) is 0 Å². The maximum atomic E-state index is 13.8. The number of pyridine rings is 1. The van der Waals surface area contributed by atoms with Crippen molar-refractivity contribution < 1.29 is 27.4 Å². The number of ether oxygens (including phenoxy) is 3. The molecular formula is C26H30N2O6S. The van der Waals surface area contributed by atoms with Crippen molar-refractivity contribution in [2.45, 2.75) is 36.5 Å². The van der Waals surface area contributed by atoms with Crippen molar-refractivity contribution in [2.24, 2.45) is 5.92 Å². The van der Waals surface area contributed by atoms with Gasteiger partial charge in [0.05, 0.1) is 42.3 Å².